The van der Waals surface area contributed by atoms with Crippen molar-refractivity contribution in [2.75, 3.05) is 11.4 Å². The van der Waals surface area contributed by atoms with Crippen molar-refractivity contribution in [2.24, 2.45) is 0 Å². The van der Waals surface area contributed by atoms with E-state index in [1.807, 2.05) is 54.6 Å². The first-order valence-corrected chi connectivity index (χ1v) is 21.1. The molecule has 0 amide bonds. The molecule has 0 fully saturated rings. The number of anilines is 2. The van der Waals surface area contributed by atoms with Gasteiger partial charge >= 0.3 is 0 Å². The maximum absolute atomic E-state index is 12.1. The molecular formula is C57H36N6. The summed E-state index contributed by atoms with van der Waals surface area (Å²) in [6.07, 6.45) is 8.24. The maximum atomic E-state index is 12.1. The largest absolute Gasteiger partial charge is 0.334 e. The van der Waals surface area contributed by atoms with Crippen molar-refractivity contribution < 1.29 is 0 Å². The number of rotatable bonds is 4. The second kappa shape index (κ2) is 14.1. The topological polar surface area (TPSA) is 65.6 Å². The van der Waals surface area contributed by atoms with Crippen LogP contribution in [-0.2, 0) is 0 Å². The number of nitriles is 2. The zero-order valence-corrected chi connectivity index (χ0v) is 34.1. The Kier molecular flexibility index (Phi) is 8.09. The van der Waals surface area contributed by atoms with Crippen LogP contribution in [0.15, 0.2) is 201 Å². The van der Waals surface area contributed by atoms with Gasteiger partial charge in [0.1, 0.15) is 23.3 Å². The predicted octanol–water partition coefficient (Wildman–Crippen LogP) is 14.0. The Balaban J connectivity index is 1.41. The molecule has 0 N–H and O–H groups in total. The number of benzene rings is 8. The molecular weight excluding hydrogens is 769 g/mol. The van der Waals surface area contributed by atoms with Crippen LogP contribution in [0.1, 0.15) is 16.7 Å². The summed E-state index contributed by atoms with van der Waals surface area (Å²) in [6.45, 7) is 4.97. The Morgan fingerprint density at radius 1 is 0.397 bits per heavy atom. The van der Waals surface area contributed by atoms with E-state index in [4.69, 9.17) is 0 Å². The number of fused-ring (bicyclic) bond motifs is 10. The van der Waals surface area contributed by atoms with Crippen LogP contribution in [0, 0.1) is 22.7 Å². The SMILES string of the molecule is C=C1/C=C\C=C/CN(c2c(-n3c4ccccc4c4ccccc43)c(C#N)c(-n3c4ccccc4c4ccccc43)c(C#N)c2-n2c3ccccc3c3ccccc32)c2ccccc21. The zero-order valence-electron chi connectivity index (χ0n) is 34.1. The van der Waals surface area contributed by atoms with Crippen LogP contribution in [-0.4, -0.2) is 20.2 Å². The van der Waals surface area contributed by atoms with Crippen molar-refractivity contribution in [3.8, 4) is 29.2 Å². The lowest BCUT2D eigenvalue weighted by Gasteiger charge is -2.33. The Hall–Kier alpha value is -8.84. The summed E-state index contributed by atoms with van der Waals surface area (Å²) >= 11 is 0. The van der Waals surface area contributed by atoms with Gasteiger partial charge in [-0.15, -0.1) is 0 Å². The highest BCUT2D eigenvalue weighted by molar-refractivity contribution is 6.15. The van der Waals surface area contributed by atoms with Gasteiger partial charge in [-0.25, -0.2) is 0 Å². The third-order valence-corrected chi connectivity index (χ3v) is 12.7. The summed E-state index contributed by atoms with van der Waals surface area (Å²) in [5, 5.41) is 30.6. The molecule has 6 heteroatoms. The van der Waals surface area contributed by atoms with Gasteiger partial charge in [0.25, 0.3) is 0 Å². The Bertz CT molecular complexity index is 3580. The molecule has 8 aromatic carbocycles. The van der Waals surface area contributed by atoms with E-state index in [1.54, 1.807) is 0 Å². The average Bonchev–Trinajstić information content (AvgIpc) is 3.99. The quantitative estimate of drug-likeness (QED) is 0.178. The van der Waals surface area contributed by atoms with Crippen LogP contribution in [0.25, 0.3) is 88.1 Å². The van der Waals surface area contributed by atoms with E-state index in [9.17, 15) is 10.5 Å². The molecule has 0 spiro atoms. The van der Waals surface area contributed by atoms with Gasteiger partial charge in [-0.1, -0.05) is 158 Å². The van der Waals surface area contributed by atoms with E-state index < -0.39 is 0 Å². The van der Waals surface area contributed by atoms with Crippen molar-refractivity contribution in [3.63, 3.8) is 0 Å². The van der Waals surface area contributed by atoms with Gasteiger partial charge in [0, 0.05) is 50.1 Å². The lowest BCUT2D eigenvalue weighted by Crippen LogP contribution is -2.25. The fourth-order valence-corrected chi connectivity index (χ4v) is 10.1. The highest BCUT2D eigenvalue weighted by atomic mass is 15.2. The van der Waals surface area contributed by atoms with E-state index in [1.165, 1.54) is 0 Å². The molecule has 12 rings (SSSR count). The molecule has 294 valence electrons. The monoisotopic (exact) mass is 804 g/mol. The molecule has 0 aliphatic carbocycles. The minimum absolute atomic E-state index is 0.377. The molecule has 0 saturated heterocycles. The molecule has 0 unspecified atom stereocenters. The second-order valence-corrected chi connectivity index (χ2v) is 15.9. The maximum Gasteiger partial charge on any atom is 0.104 e. The van der Waals surface area contributed by atoms with Crippen molar-refractivity contribution in [1.29, 1.82) is 10.5 Å². The van der Waals surface area contributed by atoms with Crippen molar-refractivity contribution in [3.05, 3.63) is 217 Å². The molecule has 1 aliphatic rings. The van der Waals surface area contributed by atoms with Crippen LogP contribution in [0.3, 0.4) is 0 Å². The van der Waals surface area contributed by atoms with Gasteiger partial charge in [-0.3, -0.25) is 0 Å². The van der Waals surface area contributed by atoms with Gasteiger partial charge in [-0.2, -0.15) is 10.5 Å². The molecule has 6 nitrogen and oxygen atoms in total. The number of allylic oxidation sites excluding steroid dienone is 4. The highest BCUT2D eigenvalue weighted by Gasteiger charge is 2.35. The predicted molar refractivity (Wildman–Crippen MR) is 260 cm³/mol. The minimum Gasteiger partial charge on any atom is -0.334 e. The smallest absolute Gasteiger partial charge is 0.104 e. The standard InChI is InChI=1S/C57H36N6/c1-37-19-3-2-18-34-60(47-27-11-4-20-38(37)47)57-55(62-50-30-14-7-23-41(50)42-24-8-15-31-51(42)62)45(35-58)54(61-48-28-12-5-21-39(48)40-22-6-13-29-49(40)61)46(36-59)56(57)63-52-32-16-9-25-43(52)44-26-10-17-33-53(44)63/h2-33H,1,34H2/b18-2-,19-3-. The molecule has 0 radical (unpaired) electrons. The molecule has 11 aromatic rings. The number of nitrogens with zero attached hydrogens (tertiary/aromatic N) is 6. The third-order valence-electron chi connectivity index (χ3n) is 12.7. The lowest BCUT2D eigenvalue weighted by molar-refractivity contribution is 1.01. The van der Waals surface area contributed by atoms with Gasteiger partial charge < -0.3 is 18.6 Å². The lowest BCUT2D eigenvalue weighted by atomic mass is 9.96. The second-order valence-electron chi connectivity index (χ2n) is 15.9. The Morgan fingerprint density at radius 2 is 0.746 bits per heavy atom. The first-order valence-electron chi connectivity index (χ1n) is 21.1. The summed E-state index contributed by atoms with van der Waals surface area (Å²) in [4.78, 5) is 2.29. The number of hydrogen-bond donors (Lipinski definition) is 0. The van der Waals surface area contributed by atoms with Crippen LogP contribution in [0.5, 0.6) is 0 Å². The summed E-state index contributed by atoms with van der Waals surface area (Å²) < 4.78 is 6.68. The zero-order chi connectivity index (χ0) is 42.2. The summed E-state index contributed by atoms with van der Waals surface area (Å²) in [5.74, 6) is 0. The normalized spacial score (nSPS) is 13.9. The number of para-hydroxylation sites is 7. The molecule has 0 bridgehead atoms. The Labute approximate surface area is 363 Å². The third kappa shape index (κ3) is 5.16. The number of aromatic nitrogens is 3. The van der Waals surface area contributed by atoms with Crippen LogP contribution in [0.2, 0.25) is 0 Å². The van der Waals surface area contributed by atoms with Crippen LogP contribution < -0.4 is 4.90 Å². The molecule has 1 aliphatic heterocycles. The van der Waals surface area contributed by atoms with E-state index >= 15 is 0 Å². The number of hydrogen-bond acceptors (Lipinski definition) is 3. The fraction of sp³-hybridized carbons (Fsp3) is 0.0175. The van der Waals surface area contributed by atoms with E-state index in [2.05, 4.69) is 177 Å². The Morgan fingerprint density at radius 3 is 1.14 bits per heavy atom. The summed E-state index contributed by atoms with van der Waals surface area (Å²) in [5.41, 5.74) is 11.6. The minimum atomic E-state index is 0.377. The summed E-state index contributed by atoms with van der Waals surface area (Å²) in [7, 11) is 0. The van der Waals surface area contributed by atoms with Gasteiger partial charge in [0.05, 0.1) is 55.8 Å². The van der Waals surface area contributed by atoms with Crippen LogP contribution in [0.4, 0.5) is 11.4 Å². The van der Waals surface area contributed by atoms with E-state index in [-0.39, 0.29) is 0 Å². The molecule has 3 aromatic heterocycles. The van der Waals surface area contributed by atoms with Gasteiger partial charge in [0.15, 0.2) is 0 Å². The fourth-order valence-electron chi connectivity index (χ4n) is 10.1. The molecule has 0 atom stereocenters. The first-order chi connectivity index (χ1) is 31.2. The first kappa shape index (κ1) is 36.0. The van der Waals surface area contributed by atoms with Gasteiger partial charge in [-0.05, 0) is 48.0 Å². The van der Waals surface area contributed by atoms with Crippen molar-refractivity contribution in [1.82, 2.24) is 13.7 Å². The van der Waals surface area contributed by atoms with Crippen molar-refractivity contribution in [2.45, 2.75) is 0 Å². The average molecular weight is 805 g/mol. The van der Waals surface area contributed by atoms with E-state index in [0.29, 0.717) is 34.7 Å². The van der Waals surface area contributed by atoms with E-state index in [0.717, 1.165) is 87.9 Å². The van der Waals surface area contributed by atoms with Crippen LogP contribution >= 0.6 is 0 Å². The summed E-state index contributed by atoms with van der Waals surface area (Å²) in [6, 6.07) is 64.1. The van der Waals surface area contributed by atoms with Gasteiger partial charge in [0.2, 0.25) is 0 Å². The molecule has 4 heterocycles. The molecule has 0 saturated carbocycles. The van der Waals surface area contributed by atoms with Crippen molar-refractivity contribution >= 4 is 82.4 Å². The highest BCUT2D eigenvalue weighted by Crippen LogP contribution is 2.51. The molecule has 63 heavy (non-hydrogen) atoms.